The largest absolute Gasteiger partial charge is 0.340 e. The van der Waals surface area contributed by atoms with Crippen LogP contribution in [0, 0.1) is 11.8 Å². The molecule has 4 rings (SSSR count). The highest BCUT2D eigenvalue weighted by atomic mass is 16.2. The number of benzene rings is 1. The predicted octanol–water partition coefficient (Wildman–Crippen LogP) is 4.08. The fraction of sp³-hybridized carbons (Fsp3) is 0.682. The van der Waals surface area contributed by atoms with Crippen molar-refractivity contribution < 1.29 is 4.79 Å². The second kappa shape index (κ2) is 7.90. The number of amides is 1. The van der Waals surface area contributed by atoms with Crippen molar-refractivity contribution in [3.05, 3.63) is 35.9 Å². The van der Waals surface area contributed by atoms with Crippen molar-refractivity contribution in [2.24, 2.45) is 11.8 Å². The van der Waals surface area contributed by atoms with Gasteiger partial charge in [0.1, 0.15) is 0 Å². The summed E-state index contributed by atoms with van der Waals surface area (Å²) in [6, 6.07) is 11.4. The normalized spacial score (nSPS) is 29.3. The predicted molar refractivity (Wildman–Crippen MR) is 101 cm³/mol. The first-order valence-corrected chi connectivity index (χ1v) is 10.4. The zero-order valence-corrected chi connectivity index (χ0v) is 15.4. The molecule has 0 radical (unpaired) electrons. The van der Waals surface area contributed by atoms with Gasteiger partial charge in [-0.15, -0.1) is 0 Å². The maximum Gasteiger partial charge on any atom is 0.223 e. The lowest BCUT2D eigenvalue weighted by molar-refractivity contribution is -0.134. The summed E-state index contributed by atoms with van der Waals surface area (Å²) < 4.78 is 0. The van der Waals surface area contributed by atoms with Crippen LogP contribution in [0.5, 0.6) is 0 Å². The third kappa shape index (κ3) is 4.08. The molecule has 3 fully saturated rings. The summed E-state index contributed by atoms with van der Waals surface area (Å²) in [5.74, 6) is 1.78. The minimum Gasteiger partial charge on any atom is -0.340 e. The molecule has 2 saturated heterocycles. The molecule has 2 atom stereocenters. The summed E-state index contributed by atoms with van der Waals surface area (Å²) in [5.41, 5.74) is 1.41. The van der Waals surface area contributed by atoms with Crippen LogP contribution >= 0.6 is 0 Å². The molecule has 1 aromatic carbocycles. The highest BCUT2D eigenvalue weighted by molar-refractivity contribution is 5.77. The van der Waals surface area contributed by atoms with E-state index in [4.69, 9.17) is 0 Å². The van der Waals surface area contributed by atoms with Crippen LogP contribution in [-0.2, 0) is 11.3 Å². The van der Waals surface area contributed by atoms with Crippen molar-refractivity contribution in [1.29, 1.82) is 0 Å². The number of hydrogen-bond acceptors (Lipinski definition) is 2. The first kappa shape index (κ1) is 17.1. The molecule has 1 aliphatic carbocycles. The van der Waals surface area contributed by atoms with E-state index < -0.39 is 0 Å². The molecule has 1 aromatic rings. The first-order valence-electron chi connectivity index (χ1n) is 10.4. The van der Waals surface area contributed by atoms with Crippen LogP contribution in [0.25, 0.3) is 0 Å². The van der Waals surface area contributed by atoms with Gasteiger partial charge in [-0.25, -0.2) is 0 Å². The lowest BCUT2D eigenvalue weighted by Gasteiger charge is -2.37. The van der Waals surface area contributed by atoms with E-state index >= 15 is 0 Å². The second-order valence-electron chi connectivity index (χ2n) is 8.40. The Hall–Kier alpha value is -1.35. The van der Waals surface area contributed by atoms with Crippen molar-refractivity contribution in [2.45, 2.75) is 64.0 Å². The molecule has 25 heavy (non-hydrogen) atoms. The Morgan fingerprint density at radius 2 is 1.64 bits per heavy atom. The van der Waals surface area contributed by atoms with E-state index in [0.29, 0.717) is 23.8 Å². The van der Waals surface area contributed by atoms with Crippen LogP contribution in [-0.4, -0.2) is 41.4 Å². The number of nitrogens with zero attached hydrogens (tertiary/aromatic N) is 2. The van der Waals surface area contributed by atoms with Crippen LogP contribution in [0.1, 0.15) is 56.9 Å². The molecule has 0 N–H and O–H groups in total. The quantitative estimate of drug-likeness (QED) is 0.828. The number of piperidine rings is 1. The number of hydrogen-bond donors (Lipinski definition) is 0. The fourth-order valence-corrected chi connectivity index (χ4v) is 5.29. The molecule has 2 aliphatic heterocycles. The van der Waals surface area contributed by atoms with Gasteiger partial charge in [0.05, 0.1) is 0 Å². The SMILES string of the molecule is O=C1CC2CCN(Cc3ccccc3)CC2CCN1C1CCCCC1. The zero-order valence-electron chi connectivity index (χ0n) is 15.4. The van der Waals surface area contributed by atoms with Crippen molar-refractivity contribution in [3.8, 4) is 0 Å². The van der Waals surface area contributed by atoms with Crippen LogP contribution in [0.3, 0.4) is 0 Å². The number of rotatable bonds is 3. The molecule has 3 aliphatic rings. The minimum atomic E-state index is 0.455. The third-order valence-corrected chi connectivity index (χ3v) is 6.74. The Balaban J connectivity index is 1.37. The summed E-state index contributed by atoms with van der Waals surface area (Å²) in [6.07, 6.45) is 9.67. The Labute approximate surface area is 152 Å². The summed E-state index contributed by atoms with van der Waals surface area (Å²) in [7, 11) is 0. The lowest BCUT2D eigenvalue weighted by Crippen LogP contribution is -2.41. The van der Waals surface area contributed by atoms with Crippen LogP contribution in [0.4, 0.5) is 0 Å². The monoisotopic (exact) mass is 340 g/mol. The number of likely N-dealkylation sites (tertiary alicyclic amines) is 2. The Bertz CT molecular complexity index is 567. The van der Waals surface area contributed by atoms with Crippen molar-refractivity contribution in [1.82, 2.24) is 9.80 Å². The van der Waals surface area contributed by atoms with Gasteiger partial charge in [-0.05, 0) is 49.6 Å². The maximum absolute atomic E-state index is 12.9. The van der Waals surface area contributed by atoms with E-state index in [1.165, 1.54) is 57.1 Å². The maximum atomic E-state index is 12.9. The van der Waals surface area contributed by atoms with Gasteiger partial charge in [0, 0.05) is 32.1 Å². The smallest absolute Gasteiger partial charge is 0.223 e. The van der Waals surface area contributed by atoms with Gasteiger partial charge in [-0.3, -0.25) is 9.69 Å². The third-order valence-electron chi connectivity index (χ3n) is 6.74. The topological polar surface area (TPSA) is 23.6 Å². The molecule has 136 valence electrons. The lowest BCUT2D eigenvalue weighted by atomic mass is 9.82. The van der Waals surface area contributed by atoms with E-state index in [9.17, 15) is 4.79 Å². The van der Waals surface area contributed by atoms with Gasteiger partial charge in [-0.1, -0.05) is 49.6 Å². The van der Waals surface area contributed by atoms with E-state index in [1.54, 1.807) is 0 Å². The van der Waals surface area contributed by atoms with Gasteiger partial charge in [-0.2, -0.15) is 0 Å². The molecule has 2 unspecified atom stereocenters. The molecule has 1 amide bonds. The van der Waals surface area contributed by atoms with E-state index in [-0.39, 0.29) is 0 Å². The highest BCUT2D eigenvalue weighted by Gasteiger charge is 2.37. The first-order chi connectivity index (χ1) is 12.3. The Morgan fingerprint density at radius 3 is 2.44 bits per heavy atom. The molecular weight excluding hydrogens is 308 g/mol. The molecule has 2 heterocycles. The Kier molecular flexibility index (Phi) is 5.40. The molecular formula is C22H32N2O. The van der Waals surface area contributed by atoms with E-state index in [0.717, 1.165) is 26.1 Å². The summed E-state index contributed by atoms with van der Waals surface area (Å²) in [6.45, 7) is 4.38. The summed E-state index contributed by atoms with van der Waals surface area (Å²) >= 11 is 0. The number of carbonyl (C=O) groups is 1. The van der Waals surface area contributed by atoms with E-state index in [1.807, 2.05) is 0 Å². The van der Waals surface area contributed by atoms with Crippen molar-refractivity contribution >= 4 is 5.91 Å². The highest BCUT2D eigenvalue weighted by Crippen LogP contribution is 2.35. The molecule has 0 spiro atoms. The second-order valence-corrected chi connectivity index (χ2v) is 8.40. The Morgan fingerprint density at radius 1 is 0.880 bits per heavy atom. The number of carbonyl (C=O) groups excluding carboxylic acids is 1. The van der Waals surface area contributed by atoms with Gasteiger partial charge in [0.2, 0.25) is 5.91 Å². The molecule has 1 saturated carbocycles. The summed E-state index contributed by atoms with van der Waals surface area (Å²) in [4.78, 5) is 17.7. The summed E-state index contributed by atoms with van der Waals surface area (Å²) in [5, 5.41) is 0. The molecule has 0 aromatic heterocycles. The van der Waals surface area contributed by atoms with Gasteiger partial charge < -0.3 is 4.90 Å². The van der Waals surface area contributed by atoms with Crippen molar-refractivity contribution in [2.75, 3.05) is 19.6 Å². The fourth-order valence-electron chi connectivity index (χ4n) is 5.29. The van der Waals surface area contributed by atoms with Gasteiger partial charge >= 0.3 is 0 Å². The van der Waals surface area contributed by atoms with Gasteiger partial charge in [0.25, 0.3) is 0 Å². The molecule has 0 bridgehead atoms. The molecule has 3 heteroatoms. The van der Waals surface area contributed by atoms with Crippen LogP contribution in [0.15, 0.2) is 30.3 Å². The average Bonchev–Trinajstić information content (AvgIpc) is 2.81. The minimum absolute atomic E-state index is 0.455. The van der Waals surface area contributed by atoms with E-state index in [2.05, 4.69) is 40.1 Å². The van der Waals surface area contributed by atoms with Gasteiger partial charge in [0.15, 0.2) is 0 Å². The average molecular weight is 341 g/mol. The van der Waals surface area contributed by atoms with Crippen LogP contribution < -0.4 is 0 Å². The zero-order chi connectivity index (χ0) is 17.1. The molecule has 3 nitrogen and oxygen atoms in total. The van der Waals surface area contributed by atoms with Crippen molar-refractivity contribution in [3.63, 3.8) is 0 Å². The standard InChI is InChI=1S/C22H32N2O/c25-22-15-19-11-13-23(16-18-7-3-1-4-8-18)17-20(19)12-14-24(22)21-9-5-2-6-10-21/h1,3-4,7-8,19-21H,2,5-6,9-17H2. The van der Waals surface area contributed by atoms with Crippen LogP contribution in [0.2, 0.25) is 0 Å². The number of fused-ring (bicyclic) bond motifs is 1.